The van der Waals surface area contributed by atoms with E-state index in [1.165, 1.54) is 66.9 Å². The second kappa shape index (κ2) is 9.01. The van der Waals surface area contributed by atoms with E-state index < -0.39 is 0 Å². The Morgan fingerprint density at radius 2 is 1.62 bits per heavy atom. The Hall–Kier alpha value is -4.23. The zero-order valence-electron chi connectivity index (χ0n) is 21.0. The summed E-state index contributed by atoms with van der Waals surface area (Å²) in [4.78, 5) is 4.44. The third-order valence-corrected chi connectivity index (χ3v) is 8.14. The van der Waals surface area contributed by atoms with Gasteiger partial charge in [-0.05, 0) is 111 Å². The maximum Gasteiger partial charge on any atom is 0.0658 e. The highest BCUT2D eigenvalue weighted by atomic mass is 14.7. The molecule has 0 aliphatic heterocycles. The third-order valence-electron chi connectivity index (χ3n) is 8.14. The topological polar surface area (TPSA) is 12.4 Å². The molecule has 0 saturated carbocycles. The van der Waals surface area contributed by atoms with E-state index in [4.69, 9.17) is 0 Å². The summed E-state index contributed by atoms with van der Waals surface area (Å²) in [6.45, 7) is 3.92. The maximum atomic E-state index is 4.44. The zero-order chi connectivity index (χ0) is 24.8. The Kier molecular flexibility index (Phi) is 5.36. The molecule has 0 aromatic heterocycles. The van der Waals surface area contributed by atoms with E-state index >= 15 is 0 Å². The van der Waals surface area contributed by atoms with Gasteiger partial charge in [-0.25, -0.2) is 0 Å². The molecule has 37 heavy (non-hydrogen) atoms. The predicted octanol–water partition coefficient (Wildman–Crippen LogP) is 9.20. The van der Waals surface area contributed by atoms with Gasteiger partial charge in [0.1, 0.15) is 0 Å². The Balaban J connectivity index is 1.58. The molecule has 0 spiro atoms. The van der Waals surface area contributed by atoms with E-state index in [0.717, 1.165) is 36.9 Å². The minimum atomic E-state index is 0.825. The van der Waals surface area contributed by atoms with E-state index in [9.17, 15) is 0 Å². The van der Waals surface area contributed by atoms with Crippen molar-refractivity contribution in [2.75, 3.05) is 0 Å². The Morgan fingerprint density at radius 1 is 0.838 bits per heavy atom. The van der Waals surface area contributed by atoms with Crippen LogP contribution in [0.15, 0.2) is 102 Å². The van der Waals surface area contributed by atoms with Gasteiger partial charge in [0, 0.05) is 0 Å². The van der Waals surface area contributed by atoms with Gasteiger partial charge in [-0.15, -0.1) is 0 Å². The van der Waals surface area contributed by atoms with Gasteiger partial charge >= 0.3 is 0 Å². The van der Waals surface area contributed by atoms with Crippen LogP contribution >= 0.6 is 0 Å². The number of fused-ring (bicyclic) bond motifs is 9. The fourth-order valence-electron chi connectivity index (χ4n) is 6.54. The van der Waals surface area contributed by atoms with E-state index in [1.807, 2.05) is 6.07 Å². The monoisotopic (exact) mass is 475 g/mol. The molecular formula is C36H29N. The molecule has 5 aromatic carbocycles. The molecule has 0 unspecified atom stereocenters. The van der Waals surface area contributed by atoms with Gasteiger partial charge in [0.2, 0.25) is 0 Å². The predicted molar refractivity (Wildman–Crippen MR) is 159 cm³/mol. The molecule has 178 valence electrons. The summed E-state index contributed by atoms with van der Waals surface area (Å²) < 4.78 is 0. The summed E-state index contributed by atoms with van der Waals surface area (Å²) in [5.41, 5.74) is 12.1. The standard InChI is InChI=1S/C36H29N/c1-37-34(24-12-4-2-5-13-24)21-20-32-35-26(22-25-14-8-9-15-27(25)35)23-33-30-18-11-10-17-28(30)29-16-6-3-7-19-31(29)36(32)33/h2,4-6,8-18,21,23H,1,3,7,19-20,22H2/b34-21-. The van der Waals surface area contributed by atoms with E-state index in [-0.39, 0.29) is 0 Å². The first-order chi connectivity index (χ1) is 18.3. The molecule has 7 rings (SSSR count). The van der Waals surface area contributed by atoms with E-state index in [0.29, 0.717) is 0 Å². The first kappa shape index (κ1) is 22.0. The van der Waals surface area contributed by atoms with Gasteiger partial charge in [0.15, 0.2) is 0 Å². The smallest absolute Gasteiger partial charge is 0.0658 e. The number of hydrogen-bond acceptors (Lipinski definition) is 1. The number of rotatable bonds is 4. The van der Waals surface area contributed by atoms with Crippen molar-refractivity contribution in [3.05, 3.63) is 130 Å². The van der Waals surface area contributed by atoms with Crippen LogP contribution in [-0.2, 0) is 19.3 Å². The highest BCUT2D eigenvalue weighted by molar-refractivity contribution is 6.16. The lowest BCUT2D eigenvalue weighted by Gasteiger charge is -2.21. The second-order valence-corrected chi connectivity index (χ2v) is 10.2. The molecule has 5 aromatic rings. The fourth-order valence-corrected chi connectivity index (χ4v) is 6.54. The van der Waals surface area contributed by atoms with E-state index in [2.05, 4.69) is 109 Å². The molecule has 0 saturated heterocycles. The molecule has 0 amide bonds. The van der Waals surface area contributed by atoms with Gasteiger partial charge in [0.05, 0.1) is 5.70 Å². The molecule has 0 radical (unpaired) electrons. The molecule has 0 heterocycles. The summed E-state index contributed by atoms with van der Waals surface area (Å²) in [6.07, 6.45) is 12.3. The molecule has 0 atom stereocenters. The summed E-state index contributed by atoms with van der Waals surface area (Å²) >= 11 is 0. The largest absolute Gasteiger partial charge is 0.264 e. The lowest BCUT2D eigenvalue weighted by molar-refractivity contribution is 0.856. The summed E-state index contributed by atoms with van der Waals surface area (Å²) in [5.74, 6) is 0. The summed E-state index contributed by atoms with van der Waals surface area (Å²) in [6, 6.07) is 30.9. The number of benzene rings is 5. The van der Waals surface area contributed by atoms with Crippen LogP contribution in [0.25, 0.3) is 44.4 Å². The SMILES string of the molecule is C=N/C(=C\Cc1c2c(cc3c1c1c(c4ccccc43)C=CCCC1)Cc1ccccc1-2)c1ccccc1. The van der Waals surface area contributed by atoms with Crippen LogP contribution in [0.4, 0.5) is 0 Å². The highest BCUT2D eigenvalue weighted by Crippen LogP contribution is 2.47. The van der Waals surface area contributed by atoms with Gasteiger partial charge in [-0.2, -0.15) is 0 Å². The average molecular weight is 476 g/mol. The van der Waals surface area contributed by atoms with Crippen LogP contribution < -0.4 is 0 Å². The van der Waals surface area contributed by atoms with Gasteiger partial charge < -0.3 is 0 Å². The van der Waals surface area contributed by atoms with Gasteiger partial charge in [0.25, 0.3) is 0 Å². The molecule has 0 fully saturated rings. The number of nitrogens with zero attached hydrogens (tertiary/aromatic N) is 1. The molecule has 2 aliphatic rings. The Bertz CT molecular complexity index is 1750. The third kappa shape index (κ3) is 3.57. The zero-order valence-corrected chi connectivity index (χ0v) is 21.0. The number of aryl methyl sites for hydroxylation is 1. The highest BCUT2D eigenvalue weighted by Gasteiger charge is 2.26. The van der Waals surface area contributed by atoms with Crippen LogP contribution in [0.5, 0.6) is 0 Å². The molecule has 2 aliphatic carbocycles. The first-order valence-corrected chi connectivity index (χ1v) is 13.3. The van der Waals surface area contributed by atoms with Crippen molar-refractivity contribution in [1.82, 2.24) is 0 Å². The van der Waals surface area contributed by atoms with Gasteiger partial charge in [-0.1, -0.05) is 97.1 Å². The number of hydrogen-bond donors (Lipinski definition) is 0. The van der Waals surface area contributed by atoms with Crippen molar-refractivity contribution in [2.24, 2.45) is 4.99 Å². The lowest BCUT2D eigenvalue weighted by atomic mass is 9.83. The van der Waals surface area contributed by atoms with Crippen molar-refractivity contribution in [2.45, 2.75) is 32.1 Å². The van der Waals surface area contributed by atoms with Crippen LogP contribution in [0.3, 0.4) is 0 Å². The van der Waals surface area contributed by atoms with Crippen molar-refractivity contribution in [1.29, 1.82) is 0 Å². The van der Waals surface area contributed by atoms with Crippen molar-refractivity contribution in [3.63, 3.8) is 0 Å². The fraction of sp³-hybridized carbons (Fsp3) is 0.139. The second-order valence-electron chi connectivity index (χ2n) is 10.2. The van der Waals surface area contributed by atoms with Crippen molar-refractivity contribution in [3.8, 4) is 11.1 Å². The van der Waals surface area contributed by atoms with Gasteiger partial charge in [-0.3, -0.25) is 4.99 Å². The van der Waals surface area contributed by atoms with Crippen LogP contribution in [0, 0.1) is 0 Å². The van der Waals surface area contributed by atoms with Crippen molar-refractivity contribution >= 4 is 40.0 Å². The Morgan fingerprint density at radius 3 is 2.49 bits per heavy atom. The maximum absolute atomic E-state index is 4.44. The van der Waals surface area contributed by atoms with Crippen LogP contribution in [0.2, 0.25) is 0 Å². The molecule has 1 nitrogen and oxygen atoms in total. The average Bonchev–Trinajstić information content (AvgIpc) is 3.14. The summed E-state index contributed by atoms with van der Waals surface area (Å²) in [7, 11) is 0. The minimum absolute atomic E-state index is 0.825. The van der Waals surface area contributed by atoms with Crippen molar-refractivity contribution < 1.29 is 0 Å². The lowest BCUT2D eigenvalue weighted by Crippen LogP contribution is -2.00. The molecule has 1 heteroatoms. The normalized spacial score (nSPS) is 14.3. The molecule has 0 N–H and O–H groups in total. The van der Waals surface area contributed by atoms with E-state index in [1.54, 1.807) is 0 Å². The van der Waals surface area contributed by atoms with Crippen LogP contribution in [0.1, 0.15) is 46.2 Å². The molecule has 0 bridgehead atoms. The Labute approximate surface area is 218 Å². The minimum Gasteiger partial charge on any atom is -0.264 e. The molecular weight excluding hydrogens is 446 g/mol. The van der Waals surface area contributed by atoms with Crippen LogP contribution in [-0.4, -0.2) is 6.72 Å². The first-order valence-electron chi connectivity index (χ1n) is 13.3. The number of allylic oxidation sites excluding steroid dienone is 2. The quantitative estimate of drug-likeness (QED) is 0.178. The number of aliphatic imine (C=N–C) groups is 1. The summed E-state index contributed by atoms with van der Waals surface area (Å²) in [5, 5.41) is 5.57.